The van der Waals surface area contributed by atoms with E-state index >= 15 is 0 Å². The summed E-state index contributed by atoms with van der Waals surface area (Å²) in [4.78, 5) is 16.4. The zero-order valence-corrected chi connectivity index (χ0v) is 13.2. The van der Waals surface area contributed by atoms with Crippen LogP contribution in [0, 0.1) is 6.92 Å². The van der Waals surface area contributed by atoms with Gasteiger partial charge in [-0.3, -0.25) is 4.79 Å². The van der Waals surface area contributed by atoms with Crippen LogP contribution < -0.4 is 5.32 Å². The lowest BCUT2D eigenvalue weighted by molar-refractivity contribution is -0.115. The number of nitrogens with zero attached hydrogens (tertiary/aromatic N) is 1. The van der Waals surface area contributed by atoms with E-state index in [-0.39, 0.29) is 11.3 Å². The summed E-state index contributed by atoms with van der Waals surface area (Å²) in [5.74, 6) is -0.0244. The second kappa shape index (κ2) is 5.75. The number of amides is 1. The van der Waals surface area contributed by atoms with E-state index in [1.54, 1.807) is 0 Å². The van der Waals surface area contributed by atoms with Gasteiger partial charge in [0.1, 0.15) is 0 Å². The minimum Gasteiger partial charge on any atom is -0.302 e. The van der Waals surface area contributed by atoms with Crippen LogP contribution in [0.15, 0.2) is 29.6 Å². The van der Waals surface area contributed by atoms with Gasteiger partial charge in [0.15, 0.2) is 5.13 Å². The SMILES string of the molecule is Cc1ccc(CC(=O)Nc2nc(C(C)(C)C)cs2)cc1. The molecule has 1 heterocycles. The lowest BCUT2D eigenvalue weighted by Crippen LogP contribution is -2.15. The highest BCUT2D eigenvalue weighted by molar-refractivity contribution is 7.13. The van der Waals surface area contributed by atoms with Gasteiger partial charge in [-0.05, 0) is 12.5 Å². The molecule has 0 radical (unpaired) electrons. The van der Waals surface area contributed by atoms with Gasteiger partial charge in [0.05, 0.1) is 12.1 Å². The van der Waals surface area contributed by atoms with Gasteiger partial charge in [0, 0.05) is 10.8 Å². The summed E-state index contributed by atoms with van der Waals surface area (Å²) in [6, 6.07) is 8.00. The van der Waals surface area contributed by atoms with Crippen LogP contribution in [0.3, 0.4) is 0 Å². The van der Waals surface area contributed by atoms with Crippen molar-refractivity contribution < 1.29 is 4.79 Å². The molecule has 0 aliphatic carbocycles. The molecule has 1 aromatic heterocycles. The maximum atomic E-state index is 12.0. The molecule has 0 atom stereocenters. The summed E-state index contributed by atoms with van der Waals surface area (Å²) in [6.07, 6.45) is 0.380. The molecule has 0 saturated heterocycles. The first-order valence-corrected chi connectivity index (χ1v) is 7.54. The van der Waals surface area contributed by atoms with Crippen LogP contribution in [0.2, 0.25) is 0 Å². The van der Waals surface area contributed by atoms with E-state index in [4.69, 9.17) is 0 Å². The molecule has 4 heteroatoms. The van der Waals surface area contributed by atoms with E-state index in [1.165, 1.54) is 16.9 Å². The van der Waals surface area contributed by atoms with E-state index in [0.29, 0.717) is 11.6 Å². The van der Waals surface area contributed by atoms with E-state index in [1.807, 2.05) is 36.6 Å². The zero-order chi connectivity index (χ0) is 14.8. The molecule has 0 fully saturated rings. The monoisotopic (exact) mass is 288 g/mol. The Morgan fingerprint density at radius 2 is 1.90 bits per heavy atom. The van der Waals surface area contributed by atoms with Gasteiger partial charge >= 0.3 is 0 Å². The van der Waals surface area contributed by atoms with Crippen molar-refractivity contribution in [2.45, 2.75) is 39.5 Å². The van der Waals surface area contributed by atoms with Crippen molar-refractivity contribution >= 4 is 22.4 Å². The minimum absolute atomic E-state index is 0.0104. The second-order valence-electron chi connectivity index (χ2n) is 6.00. The normalized spacial score (nSPS) is 11.4. The lowest BCUT2D eigenvalue weighted by Gasteiger charge is -2.14. The van der Waals surface area contributed by atoms with Crippen molar-refractivity contribution in [3.8, 4) is 0 Å². The fourth-order valence-corrected chi connectivity index (χ4v) is 2.68. The fourth-order valence-electron chi connectivity index (χ4n) is 1.73. The van der Waals surface area contributed by atoms with Crippen LogP contribution in [0.25, 0.3) is 0 Å². The smallest absolute Gasteiger partial charge is 0.230 e. The van der Waals surface area contributed by atoms with Gasteiger partial charge in [0.2, 0.25) is 5.91 Å². The Morgan fingerprint density at radius 3 is 2.45 bits per heavy atom. The number of nitrogens with one attached hydrogen (secondary N) is 1. The number of anilines is 1. The van der Waals surface area contributed by atoms with Crippen LogP contribution in [0.1, 0.15) is 37.6 Å². The second-order valence-corrected chi connectivity index (χ2v) is 6.86. The van der Waals surface area contributed by atoms with Gasteiger partial charge in [0.25, 0.3) is 0 Å². The topological polar surface area (TPSA) is 42.0 Å². The third kappa shape index (κ3) is 3.90. The largest absolute Gasteiger partial charge is 0.302 e. The molecule has 2 aromatic rings. The number of rotatable bonds is 3. The van der Waals surface area contributed by atoms with Crippen molar-refractivity contribution in [3.05, 3.63) is 46.5 Å². The summed E-state index contributed by atoms with van der Waals surface area (Å²) >= 11 is 1.47. The molecule has 0 saturated carbocycles. The Morgan fingerprint density at radius 1 is 1.25 bits per heavy atom. The number of carbonyl (C=O) groups is 1. The highest BCUT2D eigenvalue weighted by Gasteiger charge is 2.18. The van der Waals surface area contributed by atoms with Gasteiger partial charge in [-0.2, -0.15) is 0 Å². The van der Waals surface area contributed by atoms with Crippen molar-refractivity contribution in [2.75, 3.05) is 5.32 Å². The highest BCUT2D eigenvalue weighted by Crippen LogP contribution is 2.26. The van der Waals surface area contributed by atoms with E-state index in [2.05, 4.69) is 31.1 Å². The molecule has 3 nitrogen and oxygen atoms in total. The van der Waals surface area contributed by atoms with Crippen LogP contribution in [-0.4, -0.2) is 10.9 Å². The molecule has 2 rings (SSSR count). The molecule has 1 amide bonds. The van der Waals surface area contributed by atoms with Crippen molar-refractivity contribution in [3.63, 3.8) is 0 Å². The predicted octanol–water partition coefficient (Wildman–Crippen LogP) is 3.93. The van der Waals surface area contributed by atoms with Crippen LogP contribution in [-0.2, 0) is 16.6 Å². The number of benzene rings is 1. The number of thiazole rings is 1. The number of aryl methyl sites for hydroxylation is 1. The predicted molar refractivity (Wildman–Crippen MR) is 84.3 cm³/mol. The molecule has 0 unspecified atom stereocenters. The third-order valence-corrected chi connectivity index (χ3v) is 3.76. The van der Waals surface area contributed by atoms with Gasteiger partial charge in [-0.25, -0.2) is 4.98 Å². The van der Waals surface area contributed by atoms with Gasteiger partial charge in [-0.1, -0.05) is 50.6 Å². The first-order valence-electron chi connectivity index (χ1n) is 6.66. The van der Waals surface area contributed by atoms with Gasteiger partial charge < -0.3 is 5.32 Å². The van der Waals surface area contributed by atoms with Crippen molar-refractivity contribution in [2.24, 2.45) is 0 Å². The quantitative estimate of drug-likeness (QED) is 0.929. The standard InChI is InChI=1S/C16H20N2OS/c1-11-5-7-12(8-6-11)9-14(19)18-15-17-13(10-20-15)16(2,3)4/h5-8,10H,9H2,1-4H3,(H,17,18,19). The highest BCUT2D eigenvalue weighted by atomic mass is 32.1. The maximum absolute atomic E-state index is 12.0. The van der Waals surface area contributed by atoms with Crippen molar-refractivity contribution in [1.29, 1.82) is 0 Å². The molecular formula is C16H20N2OS. The first-order chi connectivity index (χ1) is 9.34. The minimum atomic E-state index is -0.0244. The molecule has 0 spiro atoms. The summed E-state index contributed by atoms with van der Waals surface area (Å²) in [5.41, 5.74) is 3.23. The average Bonchev–Trinajstić information content (AvgIpc) is 2.80. The Labute approximate surface area is 124 Å². The molecule has 0 bridgehead atoms. The molecule has 0 aliphatic heterocycles. The van der Waals surface area contributed by atoms with Gasteiger partial charge in [-0.15, -0.1) is 11.3 Å². The number of hydrogen-bond acceptors (Lipinski definition) is 3. The molecule has 20 heavy (non-hydrogen) atoms. The number of aromatic nitrogens is 1. The summed E-state index contributed by atoms with van der Waals surface area (Å²) < 4.78 is 0. The molecular weight excluding hydrogens is 268 g/mol. The van der Waals surface area contributed by atoms with E-state index in [9.17, 15) is 4.79 Å². The van der Waals surface area contributed by atoms with E-state index in [0.717, 1.165) is 11.3 Å². The van der Waals surface area contributed by atoms with Crippen LogP contribution in [0.4, 0.5) is 5.13 Å². The number of hydrogen-bond donors (Lipinski definition) is 1. The third-order valence-electron chi connectivity index (χ3n) is 3.00. The molecule has 0 aliphatic rings. The molecule has 1 N–H and O–H groups in total. The average molecular weight is 288 g/mol. The summed E-state index contributed by atoms with van der Waals surface area (Å²) in [6.45, 7) is 8.37. The fraction of sp³-hybridized carbons (Fsp3) is 0.375. The Bertz CT molecular complexity index is 594. The zero-order valence-electron chi connectivity index (χ0n) is 12.4. The summed E-state index contributed by atoms with van der Waals surface area (Å²) in [5, 5.41) is 5.54. The van der Waals surface area contributed by atoms with Crippen molar-refractivity contribution in [1.82, 2.24) is 4.98 Å². The lowest BCUT2D eigenvalue weighted by atomic mass is 9.93. The van der Waals surface area contributed by atoms with Crippen LogP contribution >= 0.6 is 11.3 Å². The number of carbonyl (C=O) groups excluding carboxylic acids is 1. The molecule has 106 valence electrons. The van der Waals surface area contributed by atoms with E-state index < -0.39 is 0 Å². The molecule has 1 aromatic carbocycles. The Kier molecular flexibility index (Phi) is 4.23. The van der Waals surface area contributed by atoms with Crippen LogP contribution in [0.5, 0.6) is 0 Å². The first kappa shape index (κ1) is 14.7. The summed E-state index contributed by atoms with van der Waals surface area (Å²) in [7, 11) is 0. The Hall–Kier alpha value is -1.68. The Balaban J connectivity index is 1.98. The maximum Gasteiger partial charge on any atom is 0.230 e.